The van der Waals surface area contributed by atoms with Crippen LogP contribution in [0.5, 0.6) is 0 Å². The maximum Gasteiger partial charge on any atom is 0.323 e. The summed E-state index contributed by atoms with van der Waals surface area (Å²) < 4.78 is 1.73. The molecule has 8 nitrogen and oxygen atoms in total. The zero-order valence-electron chi connectivity index (χ0n) is 15.5. The van der Waals surface area contributed by atoms with Crippen molar-refractivity contribution in [3.8, 4) is 11.1 Å². The van der Waals surface area contributed by atoms with Crippen LogP contribution >= 0.6 is 0 Å². The van der Waals surface area contributed by atoms with Crippen molar-refractivity contribution in [1.82, 2.24) is 19.7 Å². The predicted molar refractivity (Wildman–Crippen MR) is 99.2 cm³/mol. The van der Waals surface area contributed by atoms with Crippen LogP contribution in [-0.4, -0.2) is 49.9 Å². The average molecular weight is 369 g/mol. The van der Waals surface area contributed by atoms with Gasteiger partial charge in [0.05, 0.1) is 11.6 Å². The van der Waals surface area contributed by atoms with Gasteiger partial charge in [-0.2, -0.15) is 5.10 Å². The Kier molecular flexibility index (Phi) is 4.13. The number of anilines is 1. The summed E-state index contributed by atoms with van der Waals surface area (Å²) in [6.07, 6.45) is 6.12. The van der Waals surface area contributed by atoms with Crippen LogP contribution in [0.1, 0.15) is 25.0 Å². The molecule has 27 heavy (non-hydrogen) atoms. The van der Waals surface area contributed by atoms with E-state index >= 15 is 0 Å². The minimum Gasteiger partial charge on any atom is -0.481 e. The Labute approximate surface area is 157 Å². The number of aryl methyl sites for hydroxylation is 2. The van der Waals surface area contributed by atoms with Gasteiger partial charge in [0, 0.05) is 43.2 Å². The number of pyridine rings is 1. The summed E-state index contributed by atoms with van der Waals surface area (Å²) in [5.41, 5.74) is 1.95. The molecule has 0 spiro atoms. The van der Waals surface area contributed by atoms with Gasteiger partial charge in [-0.3, -0.25) is 14.8 Å². The second kappa shape index (κ2) is 6.37. The van der Waals surface area contributed by atoms with E-state index in [4.69, 9.17) is 0 Å². The van der Waals surface area contributed by atoms with E-state index in [-0.39, 0.29) is 18.5 Å². The molecule has 142 valence electrons. The van der Waals surface area contributed by atoms with E-state index in [1.54, 1.807) is 21.8 Å². The van der Waals surface area contributed by atoms with Crippen molar-refractivity contribution >= 4 is 17.8 Å². The summed E-state index contributed by atoms with van der Waals surface area (Å²) in [7, 11) is 1.86. The Morgan fingerprint density at radius 1 is 1.37 bits per heavy atom. The Balaban J connectivity index is 1.48. The molecular formula is C19H23N5O3. The first-order valence-corrected chi connectivity index (χ1v) is 9.15. The van der Waals surface area contributed by atoms with Gasteiger partial charge in [-0.25, -0.2) is 9.78 Å². The van der Waals surface area contributed by atoms with Crippen molar-refractivity contribution < 1.29 is 14.7 Å². The van der Waals surface area contributed by atoms with Gasteiger partial charge < -0.3 is 10.0 Å². The lowest BCUT2D eigenvalue weighted by molar-refractivity contribution is -0.149. The summed E-state index contributed by atoms with van der Waals surface area (Å²) in [6, 6.07) is 3.38. The number of carboxylic acid groups (broad SMARTS) is 1. The summed E-state index contributed by atoms with van der Waals surface area (Å²) in [6.45, 7) is 2.65. The first-order chi connectivity index (χ1) is 12.9. The van der Waals surface area contributed by atoms with E-state index in [2.05, 4.69) is 15.4 Å². The number of carbonyl (C=O) groups excluding carboxylic acids is 1. The highest BCUT2D eigenvalue weighted by atomic mass is 16.4. The summed E-state index contributed by atoms with van der Waals surface area (Å²) in [4.78, 5) is 30.5. The van der Waals surface area contributed by atoms with Gasteiger partial charge in [-0.05, 0) is 37.8 Å². The number of carboxylic acids is 1. The molecule has 0 aromatic carbocycles. The molecule has 1 aliphatic carbocycles. The van der Waals surface area contributed by atoms with Crippen molar-refractivity contribution in [1.29, 1.82) is 0 Å². The number of urea groups is 1. The molecule has 1 aliphatic heterocycles. The molecule has 0 unspecified atom stereocenters. The third kappa shape index (κ3) is 2.94. The molecular weight excluding hydrogens is 346 g/mol. The topological polar surface area (TPSA) is 100 Å². The van der Waals surface area contributed by atoms with Crippen LogP contribution < -0.4 is 5.32 Å². The van der Waals surface area contributed by atoms with E-state index in [1.165, 1.54) is 0 Å². The molecule has 0 radical (unpaired) electrons. The molecule has 2 aromatic rings. The van der Waals surface area contributed by atoms with E-state index in [0.717, 1.165) is 29.7 Å². The van der Waals surface area contributed by atoms with Gasteiger partial charge >= 0.3 is 12.0 Å². The van der Waals surface area contributed by atoms with Crippen LogP contribution in [0.4, 0.5) is 10.6 Å². The molecule has 2 atom stereocenters. The number of aromatic nitrogens is 3. The van der Waals surface area contributed by atoms with E-state index in [1.807, 2.05) is 26.2 Å². The Morgan fingerprint density at radius 3 is 2.81 bits per heavy atom. The van der Waals surface area contributed by atoms with Crippen LogP contribution in [0, 0.1) is 18.3 Å². The maximum atomic E-state index is 12.6. The number of hydrogen-bond acceptors (Lipinski definition) is 4. The molecule has 1 saturated heterocycles. The van der Waals surface area contributed by atoms with Crippen molar-refractivity contribution in [2.45, 2.75) is 26.2 Å². The van der Waals surface area contributed by atoms with Crippen LogP contribution in [0.15, 0.2) is 24.5 Å². The minimum atomic E-state index is -0.782. The predicted octanol–water partition coefficient (Wildman–Crippen LogP) is 2.51. The Hall–Kier alpha value is -2.90. The lowest BCUT2D eigenvalue weighted by Gasteiger charge is -2.23. The van der Waals surface area contributed by atoms with Gasteiger partial charge in [0.1, 0.15) is 5.82 Å². The van der Waals surface area contributed by atoms with E-state index in [9.17, 15) is 14.7 Å². The highest BCUT2D eigenvalue weighted by Gasteiger charge is 2.55. The number of nitrogens with one attached hydrogen (secondary N) is 1. The Morgan fingerprint density at radius 2 is 2.19 bits per heavy atom. The number of carbonyl (C=O) groups is 2. The molecule has 3 heterocycles. The SMILES string of the molecule is Cc1nc(NC(=O)N2C[C@@H]3CCC[C@@]3(C(=O)O)C2)ccc1-c1cnn(C)c1. The fourth-order valence-electron chi connectivity index (χ4n) is 4.48. The molecule has 1 saturated carbocycles. The lowest BCUT2D eigenvalue weighted by Crippen LogP contribution is -2.38. The molecule has 2 amide bonds. The van der Waals surface area contributed by atoms with Gasteiger partial charge in [0.15, 0.2) is 0 Å². The number of rotatable bonds is 3. The maximum absolute atomic E-state index is 12.6. The fraction of sp³-hybridized carbons (Fsp3) is 0.474. The highest BCUT2D eigenvalue weighted by Crippen LogP contribution is 2.48. The number of likely N-dealkylation sites (tertiary alicyclic amines) is 1. The smallest absolute Gasteiger partial charge is 0.323 e. The standard InChI is InChI=1S/C19H23N5O3/c1-12-15(13-8-20-23(2)9-13)5-6-16(21-12)22-18(27)24-10-14-4-3-7-19(14,11-24)17(25)26/h5-6,8-9,14H,3-4,7,10-11H2,1-2H3,(H,25,26)(H,21,22,27)/t14-,19+/m0/s1. The molecule has 2 aliphatic rings. The number of fused-ring (bicyclic) bond motifs is 1. The van der Waals surface area contributed by atoms with Gasteiger partial charge in [0.2, 0.25) is 0 Å². The summed E-state index contributed by atoms with van der Waals surface area (Å²) >= 11 is 0. The van der Waals surface area contributed by atoms with Gasteiger partial charge in [0.25, 0.3) is 0 Å². The number of hydrogen-bond donors (Lipinski definition) is 2. The van der Waals surface area contributed by atoms with Crippen molar-refractivity contribution in [3.05, 3.63) is 30.2 Å². The summed E-state index contributed by atoms with van der Waals surface area (Å²) in [5, 5.41) is 16.6. The van der Waals surface area contributed by atoms with Crippen molar-refractivity contribution in [3.63, 3.8) is 0 Å². The number of aliphatic carboxylic acids is 1. The quantitative estimate of drug-likeness (QED) is 0.866. The van der Waals surface area contributed by atoms with E-state index < -0.39 is 11.4 Å². The zero-order chi connectivity index (χ0) is 19.2. The minimum absolute atomic E-state index is 0.0448. The molecule has 2 N–H and O–H groups in total. The van der Waals surface area contributed by atoms with Crippen molar-refractivity contribution in [2.75, 3.05) is 18.4 Å². The molecule has 2 fully saturated rings. The monoisotopic (exact) mass is 369 g/mol. The molecule has 0 bridgehead atoms. The second-order valence-electron chi connectivity index (χ2n) is 7.59. The van der Waals surface area contributed by atoms with Gasteiger partial charge in [-0.15, -0.1) is 0 Å². The average Bonchev–Trinajstić information content (AvgIpc) is 3.28. The third-order valence-corrected chi connectivity index (χ3v) is 5.92. The number of amides is 2. The number of nitrogens with zero attached hydrogens (tertiary/aromatic N) is 4. The van der Waals surface area contributed by atoms with Crippen LogP contribution in [-0.2, 0) is 11.8 Å². The first-order valence-electron chi connectivity index (χ1n) is 9.15. The van der Waals surface area contributed by atoms with Gasteiger partial charge in [-0.1, -0.05) is 6.42 Å². The molecule has 8 heteroatoms. The molecule has 4 rings (SSSR count). The largest absolute Gasteiger partial charge is 0.481 e. The summed E-state index contributed by atoms with van der Waals surface area (Å²) in [5.74, 6) is -0.273. The van der Waals surface area contributed by atoms with Crippen LogP contribution in [0.2, 0.25) is 0 Å². The first kappa shape index (κ1) is 17.5. The third-order valence-electron chi connectivity index (χ3n) is 5.92. The van der Waals surface area contributed by atoms with Crippen LogP contribution in [0.3, 0.4) is 0 Å². The molecule has 2 aromatic heterocycles. The Bertz CT molecular complexity index is 909. The zero-order valence-corrected chi connectivity index (χ0v) is 15.5. The fourth-order valence-corrected chi connectivity index (χ4v) is 4.48. The highest BCUT2D eigenvalue weighted by molar-refractivity contribution is 5.90. The van der Waals surface area contributed by atoms with E-state index in [0.29, 0.717) is 18.8 Å². The van der Waals surface area contributed by atoms with Crippen LogP contribution in [0.25, 0.3) is 11.1 Å². The lowest BCUT2D eigenvalue weighted by atomic mass is 9.81. The second-order valence-corrected chi connectivity index (χ2v) is 7.59. The normalized spacial score (nSPS) is 24.1. The van der Waals surface area contributed by atoms with Crippen molar-refractivity contribution in [2.24, 2.45) is 18.4 Å².